The van der Waals surface area contributed by atoms with E-state index in [1.807, 2.05) is 41.5 Å². The zero-order valence-electron chi connectivity index (χ0n) is 40.5. The molecule has 0 heterocycles. The summed E-state index contributed by atoms with van der Waals surface area (Å²) < 4.78 is 22.8. The van der Waals surface area contributed by atoms with E-state index in [0.717, 1.165) is 51.9 Å². The normalized spacial score (nSPS) is 13.4. The van der Waals surface area contributed by atoms with Crippen LogP contribution in [0.3, 0.4) is 0 Å². The van der Waals surface area contributed by atoms with Crippen LogP contribution in [0.2, 0.25) is 0 Å². The standard InChI is InChI=1S/C50H100N2O6/c1-11-13-15-17-19-21-23-27-31-35-39-51(45(47(53)55-9)43-57-49(3,4)5)41-37-33-29-25-26-30-34-38-42-52(46(48(54)56-10)44-58-50(6,7)8)40-36-32-28-24-22-20-18-16-14-12-2/h45-46H,11-44H2,1-10H3/t45-,46-/m0/s1. The Kier molecular flexibility index (Phi) is 36.7. The third-order valence-corrected chi connectivity index (χ3v) is 11.4. The Labute approximate surface area is 361 Å². The highest BCUT2D eigenvalue weighted by Gasteiger charge is 2.30. The summed E-state index contributed by atoms with van der Waals surface area (Å²) in [5, 5.41) is 0. The molecule has 0 bridgehead atoms. The van der Waals surface area contributed by atoms with Crippen molar-refractivity contribution in [2.75, 3.05) is 53.6 Å². The van der Waals surface area contributed by atoms with E-state index in [-0.39, 0.29) is 35.2 Å². The summed E-state index contributed by atoms with van der Waals surface area (Å²) in [5.74, 6) is -0.365. The Balaban J connectivity index is 4.85. The van der Waals surface area contributed by atoms with Crippen LogP contribution < -0.4 is 0 Å². The van der Waals surface area contributed by atoms with Crippen molar-refractivity contribution in [3.63, 3.8) is 0 Å². The minimum atomic E-state index is -0.355. The maximum Gasteiger partial charge on any atom is 0.325 e. The summed E-state index contributed by atoms with van der Waals surface area (Å²) in [7, 11) is 3.00. The molecule has 0 aliphatic rings. The van der Waals surface area contributed by atoms with Gasteiger partial charge >= 0.3 is 11.9 Å². The molecule has 0 saturated carbocycles. The molecule has 2 atom stereocenters. The van der Waals surface area contributed by atoms with Crippen molar-refractivity contribution in [3.8, 4) is 0 Å². The van der Waals surface area contributed by atoms with Crippen LogP contribution in [0.15, 0.2) is 0 Å². The zero-order chi connectivity index (χ0) is 43.3. The lowest BCUT2D eigenvalue weighted by Crippen LogP contribution is -2.47. The second-order valence-corrected chi connectivity index (χ2v) is 19.2. The average molecular weight is 825 g/mol. The molecule has 0 spiro atoms. The Morgan fingerprint density at radius 3 is 0.776 bits per heavy atom. The lowest BCUT2D eigenvalue weighted by Gasteiger charge is -2.32. The summed E-state index contributed by atoms with van der Waals surface area (Å²) in [6.45, 7) is 21.2. The number of hydrogen-bond acceptors (Lipinski definition) is 8. The smallest absolute Gasteiger partial charge is 0.325 e. The first-order valence-electron chi connectivity index (χ1n) is 24.7. The van der Waals surface area contributed by atoms with Gasteiger partial charge in [-0.1, -0.05) is 168 Å². The van der Waals surface area contributed by atoms with Crippen LogP contribution in [-0.2, 0) is 28.5 Å². The lowest BCUT2D eigenvalue weighted by atomic mass is 10.1. The Morgan fingerprint density at radius 2 is 0.586 bits per heavy atom. The summed E-state index contributed by atoms with van der Waals surface area (Å²) in [6, 6.07) is -0.711. The topological polar surface area (TPSA) is 77.5 Å². The molecule has 0 aliphatic heterocycles. The third-order valence-electron chi connectivity index (χ3n) is 11.4. The van der Waals surface area contributed by atoms with E-state index in [4.69, 9.17) is 18.9 Å². The summed E-state index contributed by atoms with van der Waals surface area (Å²) in [6.07, 6.45) is 35.5. The molecule has 8 nitrogen and oxygen atoms in total. The van der Waals surface area contributed by atoms with E-state index in [1.54, 1.807) is 0 Å². The van der Waals surface area contributed by atoms with Gasteiger partial charge in [0.25, 0.3) is 0 Å². The first-order valence-corrected chi connectivity index (χ1v) is 24.7. The number of rotatable bonds is 41. The molecular weight excluding hydrogens is 725 g/mol. The fraction of sp³-hybridized carbons (Fsp3) is 0.960. The number of ether oxygens (including phenoxy) is 4. The average Bonchev–Trinajstić information content (AvgIpc) is 3.18. The van der Waals surface area contributed by atoms with Gasteiger partial charge in [-0.05, 0) is 93.4 Å². The molecule has 0 unspecified atom stereocenters. The van der Waals surface area contributed by atoms with Crippen molar-refractivity contribution >= 4 is 11.9 Å². The molecule has 0 radical (unpaired) electrons. The number of carbonyl (C=O) groups excluding carboxylic acids is 2. The number of esters is 2. The van der Waals surface area contributed by atoms with E-state index in [1.165, 1.54) is 168 Å². The highest BCUT2D eigenvalue weighted by Crippen LogP contribution is 2.19. The van der Waals surface area contributed by atoms with Gasteiger partial charge in [0, 0.05) is 0 Å². The Morgan fingerprint density at radius 1 is 0.379 bits per heavy atom. The fourth-order valence-electron chi connectivity index (χ4n) is 7.72. The highest BCUT2D eigenvalue weighted by atomic mass is 16.5. The molecule has 58 heavy (non-hydrogen) atoms. The molecule has 0 fully saturated rings. The number of unbranched alkanes of at least 4 members (excludes halogenated alkanes) is 25. The van der Waals surface area contributed by atoms with Gasteiger partial charge in [0.2, 0.25) is 0 Å². The second kappa shape index (κ2) is 37.5. The largest absolute Gasteiger partial charge is 0.468 e. The van der Waals surface area contributed by atoms with Crippen LogP contribution in [-0.4, -0.2) is 98.6 Å². The quantitative estimate of drug-likeness (QED) is 0.0446. The van der Waals surface area contributed by atoms with E-state index < -0.39 is 0 Å². The van der Waals surface area contributed by atoms with Gasteiger partial charge in [0.05, 0.1) is 38.6 Å². The molecule has 0 amide bonds. The van der Waals surface area contributed by atoms with E-state index >= 15 is 0 Å². The van der Waals surface area contributed by atoms with Crippen LogP contribution in [0.1, 0.15) is 235 Å². The monoisotopic (exact) mass is 825 g/mol. The maximum absolute atomic E-state index is 13.0. The minimum absolute atomic E-state index is 0.182. The predicted octanol–water partition coefficient (Wildman–Crippen LogP) is 13.3. The number of hydrogen-bond donors (Lipinski definition) is 0. The van der Waals surface area contributed by atoms with Gasteiger partial charge < -0.3 is 18.9 Å². The number of methoxy groups -OCH3 is 2. The molecule has 346 valence electrons. The zero-order valence-corrected chi connectivity index (χ0v) is 40.5. The van der Waals surface area contributed by atoms with Crippen molar-refractivity contribution in [2.24, 2.45) is 0 Å². The molecule has 0 aromatic rings. The molecule has 0 rings (SSSR count). The van der Waals surface area contributed by atoms with Crippen LogP contribution >= 0.6 is 0 Å². The van der Waals surface area contributed by atoms with Gasteiger partial charge in [-0.2, -0.15) is 0 Å². The number of carbonyl (C=O) groups is 2. The van der Waals surface area contributed by atoms with Gasteiger partial charge in [-0.25, -0.2) is 0 Å². The van der Waals surface area contributed by atoms with Crippen molar-refractivity contribution in [2.45, 2.75) is 258 Å². The van der Waals surface area contributed by atoms with Crippen LogP contribution in [0, 0.1) is 0 Å². The molecule has 0 aromatic heterocycles. The van der Waals surface area contributed by atoms with Crippen LogP contribution in [0.25, 0.3) is 0 Å². The summed E-state index contributed by atoms with van der Waals surface area (Å²) >= 11 is 0. The lowest BCUT2D eigenvalue weighted by molar-refractivity contribution is -0.153. The SMILES string of the molecule is CCCCCCCCCCCCN(CCCCCCCCCCN(CCCCCCCCCCCC)[C@@H](COC(C)(C)C)C(=O)OC)[C@@H](COC(C)(C)C)C(=O)OC. The first-order chi connectivity index (χ1) is 27.8. The van der Waals surface area contributed by atoms with E-state index in [9.17, 15) is 9.59 Å². The number of nitrogens with zero attached hydrogens (tertiary/aromatic N) is 2. The van der Waals surface area contributed by atoms with Gasteiger partial charge in [-0.3, -0.25) is 19.4 Å². The van der Waals surface area contributed by atoms with E-state index in [2.05, 4.69) is 23.6 Å². The third kappa shape index (κ3) is 34.5. The van der Waals surface area contributed by atoms with Gasteiger partial charge in [-0.15, -0.1) is 0 Å². The van der Waals surface area contributed by atoms with Gasteiger partial charge in [0.15, 0.2) is 0 Å². The van der Waals surface area contributed by atoms with Crippen molar-refractivity contribution in [1.29, 1.82) is 0 Å². The first kappa shape index (κ1) is 56.8. The second-order valence-electron chi connectivity index (χ2n) is 19.2. The molecular formula is C50H100N2O6. The molecule has 0 aromatic carbocycles. The Hall–Kier alpha value is -1.22. The Bertz CT molecular complexity index is 858. The van der Waals surface area contributed by atoms with Crippen molar-refractivity contribution in [3.05, 3.63) is 0 Å². The molecule has 0 saturated heterocycles. The molecule has 0 N–H and O–H groups in total. The van der Waals surface area contributed by atoms with Crippen LogP contribution in [0.4, 0.5) is 0 Å². The fourth-order valence-corrected chi connectivity index (χ4v) is 7.72. The van der Waals surface area contributed by atoms with E-state index in [0.29, 0.717) is 13.2 Å². The summed E-state index contributed by atoms with van der Waals surface area (Å²) in [5.41, 5.74) is -0.604. The van der Waals surface area contributed by atoms with Crippen LogP contribution in [0.5, 0.6) is 0 Å². The van der Waals surface area contributed by atoms with Gasteiger partial charge in [0.1, 0.15) is 12.1 Å². The van der Waals surface area contributed by atoms with Crippen molar-refractivity contribution < 1.29 is 28.5 Å². The summed E-state index contributed by atoms with van der Waals surface area (Å²) in [4.78, 5) is 30.6. The highest BCUT2D eigenvalue weighted by molar-refractivity contribution is 5.76. The maximum atomic E-state index is 13.0. The molecule has 0 aliphatic carbocycles. The molecule has 8 heteroatoms. The predicted molar refractivity (Wildman–Crippen MR) is 247 cm³/mol. The minimum Gasteiger partial charge on any atom is -0.468 e. The van der Waals surface area contributed by atoms with Crippen molar-refractivity contribution in [1.82, 2.24) is 9.80 Å².